The molecule has 0 fully saturated rings. The van der Waals surface area contributed by atoms with Gasteiger partial charge in [-0.1, -0.05) is 35.9 Å². The van der Waals surface area contributed by atoms with E-state index in [0.717, 1.165) is 17.4 Å². The van der Waals surface area contributed by atoms with Crippen molar-refractivity contribution in [2.75, 3.05) is 11.6 Å². The molecule has 0 unspecified atom stereocenters. The molecule has 0 bridgehead atoms. The van der Waals surface area contributed by atoms with Gasteiger partial charge < -0.3 is 5.32 Å². The lowest BCUT2D eigenvalue weighted by Gasteiger charge is -2.08. The number of carbonyl (C=O) groups is 1. The van der Waals surface area contributed by atoms with Gasteiger partial charge in [0.05, 0.1) is 4.90 Å². The molecule has 0 atom stereocenters. The first kappa shape index (κ1) is 17.2. The molecule has 2 rings (SSSR count). The zero-order chi connectivity index (χ0) is 17.0. The fourth-order valence-electron chi connectivity index (χ4n) is 1.92. The van der Waals surface area contributed by atoms with Crippen LogP contribution in [0.25, 0.3) is 6.08 Å². The van der Waals surface area contributed by atoms with Gasteiger partial charge in [-0.05, 0) is 42.3 Å². The van der Waals surface area contributed by atoms with Crippen molar-refractivity contribution in [2.24, 2.45) is 0 Å². The van der Waals surface area contributed by atoms with Crippen LogP contribution in [0.1, 0.15) is 11.1 Å². The molecule has 23 heavy (non-hydrogen) atoms. The van der Waals surface area contributed by atoms with Crippen LogP contribution in [-0.2, 0) is 14.6 Å². The molecule has 2 aromatic carbocycles. The van der Waals surface area contributed by atoms with E-state index in [0.29, 0.717) is 10.7 Å². The van der Waals surface area contributed by atoms with E-state index in [-0.39, 0.29) is 10.8 Å². The van der Waals surface area contributed by atoms with Gasteiger partial charge in [-0.2, -0.15) is 0 Å². The number of halogens is 1. The zero-order valence-electron chi connectivity index (χ0n) is 12.7. The highest BCUT2D eigenvalue weighted by Gasteiger charge is 2.10. The quantitative estimate of drug-likeness (QED) is 0.856. The summed E-state index contributed by atoms with van der Waals surface area (Å²) in [5.74, 6) is -0.362. The van der Waals surface area contributed by atoms with Crippen LogP contribution in [0.5, 0.6) is 0 Å². The molecule has 0 spiro atoms. The Morgan fingerprint density at radius 2 is 1.87 bits per heavy atom. The van der Waals surface area contributed by atoms with Crippen LogP contribution in [-0.4, -0.2) is 20.6 Å². The van der Waals surface area contributed by atoms with Gasteiger partial charge in [-0.15, -0.1) is 0 Å². The van der Waals surface area contributed by atoms with Gasteiger partial charge >= 0.3 is 0 Å². The monoisotopic (exact) mass is 349 g/mol. The summed E-state index contributed by atoms with van der Waals surface area (Å²) in [7, 11) is -3.33. The molecule has 1 N–H and O–H groups in total. The number of rotatable bonds is 4. The fraction of sp³-hybridized carbons (Fsp3) is 0.118. The van der Waals surface area contributed by atoms with Gasteiger partial charge in [-0.25, -0.2) is 8.42 Å². The van der Waals surface area contributed by atoms with E-state index >= 15 is 0 Å². The summed E-state index contributed by atoms with van der Waals surface area (Å²) >= 11 is 6.01. The van der Waals surface area contributed by atoms with Crippen molar-refractivity contribution in [3.05, 3.63) is 64.7 Å². The lowest BCUT2D eigenvalue weighted by molar-refractivity contribution is -0.111. The minimum Gasteiger partial charge on any atom is -0.322 e. The first-order chi connectivity index (χ1) is 10.8. The van der Waals surface area contributed by atoms with E-state index in [4.69, 9.17) is 11.6 Å². The molecule has 1 amide bonds. The summed E-state index contributed by atoms with van der Waals surface area (Å²) in [5.41, 5.74) is 1.96. The van der Waals surface area contributed by atoms with Crippen molar-refractivity contribution >= 4 is 39.1 Å². The van der Waals surface area contributed by atoms with Crippen LogP contribution in [0.15, 0.2) is 53.4 Å². The molecule has 0 aliphatic heterocycles. The molecule has 6 heteroatoms. The van der Waals surface area contributed by atoms with E-state index in [2.05, 4.69) is 5.32 Å². The Morgan fingerprint density at radius 1 is 1.17 bits per heavy atom. The highest BCUT2D eigenvalue weighted by molar-refractivity contribution is 7.90. The number of hydrogen-bond acceptors (Lipinski definition) is 3. The SMILES string of the molecule is Cc1ccc(S(C)(=O)=O)cc1NC(=O)/C=C\c1ccccc1Cl. The number of carbonyl (C=O) groups excluding carboxylic acids is 1. The molecule has 2 aromatic rings. The largest absolute Gasteiger partial charge is 0.322 e. The van der Waals surface area contributed by atoms with Gasteiger partial charge in [0.25, 0.3) is 0 Å². The number of hydrogen-bond donors (Lipinski definition) is 1. The number of aryl methyl sites for hydroxylation is 1. The molecule has 0 saturated heterocycles. The van der Waals surface area contributed by atoms with Gasteiger partial charge in [0.1, 0.15) is 0 Å². The van der Waals surface area contributed by atoms with Gasteiger partial charge in [0, 0.05) is 23.0 Å². The van der Waals surface area contributed by atoms with Crippen LogP contribution < -0.4 is 5.32 Å². The Morgan fingerprint density at radius 3 is 2.52 bits per heavy atom. The number of amides is 1. The minimum atomic E-state index is -3.33. The molecule has 0 radical (unpaired) electrons. The Hall–Kier alpha value is -2.11. The van der Waals surface area contributed by atoms with Crippen LogP contribution in [0, 0.1) is 6.92 Å². The van der Waals surface area contributed by atoms with Crippen LogP contribution in [0.4, 0.5) is 5.69 Å². The second-order valence-corrected chi connectivity index (χ2v) is 7.52. The van der Waals surface area contributed by atoms with Gasteiger partial charge in [-0.3, -0.25) is 4.79 Å². The first-order valence-corrected chi connectivity index (χ1v) is 9.08. The third kappa shape index (κ3) is 4.68. The molecule has 0 aromatic heterocycles. The Bertz CT molecular complexity index is 873. The van der Waals surface area contributed by atoms with Crippen LogP contribution >= 0.6 is 11.6 Å². The van der Waals surface area contributed by atoms with E-state index in [1.165, 1.54) is 18.2 Å². The highest BCUT2D eigenvalue weighted by atomic mass is 35.5. The summed E-state index contributed by atoms with van der Waals surface area (Å²) < 4.78 is 23.2. The van der Waals surface area contributed by atoms with Crippen LogP contribution in [0.2, 0.25) is 5.02 Å². The molecule has 0 saturated carbocycles. The Kier molecular flexibility index (Phi) is 5.23. The lowest BCUT2D eigenvalue weighted by atomic mass is 10.2. The number of nitrogens with one attached hydrogen (secondary N) is 1. The van der Waals surface area contributed by atoms with Crippen molar-refractivity contribution in [1.29, 1.82) is 0 Å². The molecule has 0 aliphatic rings. The summed E-state index contributed by atoms with van der Waals surface area (Å²) in [5, 5.41) is 3.23. The smallest absolute Gasteiger partial charge is 0.248 e. The predicted octanol–water partition coefficient (Wildman–Crippen LogP) is 3.70. The summed E-state index contributed by atoms with van der Waals surface area (Å²) in [4.78, 5) is 12.2. The second kappa shape index (κ2) is 6.98. The highest BCUT2D eigenvalue weighted by Crippen LogP contribution is 2.21. The maximum atomic E-state index is 12.0. The van der Waals surface area contributed by atoms with Crippen LogP contribution in [0.3, 0.4) is 0 Å². The molecule has 0 aliphatic carbocycles. The molecule has 4 nitrogen and oxygen atoms in total. The molecular formula is C17H16ClNO3S. The van der Waals surface area contributed by atoms with E-state index < -0.39 is 9.84 Å². The normalized spacial score (nSPS) is 11.6. The van der Waals surface area contributed by atoms with E-state index in [1.807, 2.05) is 6.07 Å². The molecule has 0 heterocycles. The lowest BCUT2D eigenvalue weighted by Crippen LogP contribution is -2.10. The summed E-state index contributed by atoms with van der Waals surface area (Å²) in [6.45, 7) is 1.79. The summed E-state index contributed by atoms with van der Waals surface area (Å²) in [6.07, 6.45) is 4.09. The third-order valence-electron chi connectivity index (χ3n) is 3.21. The van der Waals surface area contributed by atoms with Crippen molar-refractivity contribution in [3.8, 4) is 0 Å². The minimum absolute atomic E-state index is 0.161. The fourth-order valence-corrected chi connectivity index (χ4v) is 2.76. The predicted molar refractivity (Wildman–Crippen MR) is 93.4 cm³/mol. The van der Waals surface area contributed by atoms with E-state index in [1.54, 1.807) is 37.3 Å². The second-order valence-electron chi connectivity index (χ2n) is 5.09. The van der Waals surface area contributed by atoms with E-state index in [9.17, 15) is 13.2 Å². The maximum Gasteiger partial charge on any atom is 0.248 e. The maximum absolute atomic E-state index is 12.0. The molecule has 120 valence electrons. The zero-order valence-corrected chi connectivity index (χ0v) is 14.3. The number of anilines is 1. The van der Waals surface area contributed by atoms with Crippen molar-refractivity contribution in [2.45, 2.75) is 11.8 Å². The van der Waals surface area contributed by atoms with Gasteiger partial charge in [0.2, 0.25) is 5.91 Å². The Balaban J connectivity index is 2.19. The molecular weight excluding hydrogens is 334 g/mol. The van der Waals surface area contributed by atoms with Crippen molar-refractivity contribution in [3.63, 3.8) is 0 Å². The average Bonchev–Trinajstić information content (AvgIpc) is 2.47. The standard InChI is InChI=1S/C17H16ClNO3S/c1-12-7-9-14(23(2,21)22)11-16(12)19-17(20)10-8-13-5-3-4-6-15(13)18/h3-11H,1-2H3,(H,19,20)/b10-8-. The van der Waals surface area contributed by atoms with Crippen molar-refractivity contribution < 1.29 is 13.2 Å². The number of benzene rings is 2. The Labute approximate surface area is 140 Å². The first-order valence-electron chi connectivity index (χ1n) is 6.81. The summed E-state index contributed by atoms with van der Waals surface area (Å²) in [6, 6.07) is 11.8. The van der Waals surface area contributed by atoms with Gasteiger partial charge in [0.15, 0.2) is 9.84 Å². The average molecular weight is 350 g/mol. The topological polar surface area (TPSA) is 63.2 Å². The third-order valence-corrected chi connectivity index (χ3v) is 4.67. The van der Waals surface area contributed by atoms with Crippen molar-refractivity contribution in [1.82, 2.24) is 0 Å². The number of sulfone groups is 1.